The number of esters is 1. The third-order valence-corrected chi connectivity index (χ3v) is 3.29. The maximum Gasteiger partial charge on any atom is 0.344 e. The van der Waals surface area contributed by atoms with E-state index in [1.807, 2.05) is 12.1 Å². The molecule has 3 nitrogen and oxygen atoms in total. The van der Waals surface area contributed by atoms with Gasteiger partial charge >= 0.3 is 5.97 Å². The fourth-order valence-corrected chi connectivity index (χ4v) is 1.96. The average Bonchev–Trinajstić information content (AvgIpc) is 2.36. The molecule has 0 aliphatic carbocycles. The van der Waals surface area contributed by atoms with E-state index in [0.29, 0.717) is 12.4 Å². The molecule has 0 heterocycles. The highest BCUT2D eigenvalue weighted by molar-refractivity contribution is 9.08. The zero-order valence-corrected chi connectivity index (χ0v) is 12.7. The van der Waals surface area contributed by atoms with Gasteiger partial charge in [-0.25, -0.2) is 4.79 Å². The highest BCUT2D eigenvalue weighted by Gasteiger charge is 2.05. The second-order valence-electron chi connectivity index (χ2n) is 3.35. The molecule has 0 aliphatic rings. The third kappa shape index (κ3) is 5.08. The molecule has 0 spiro atoms. The lowest BCUT2D eigenvalue weighted by Gasteiger charge is -2.08. The van der Waals surface area contributed by atoms with Crippen LogP contribution in [0.2, 0.25) is 0 Å². The molecule has 0 saturated carbocycles. The van der Waals surface area contributed by atoms with Crippen molar-refractivity contribution in [2.75, 3.05) is 13.2 Å². The summed E-state index contributed by atoms with van der Waals surface area (Å²) in [4.78, 5) is 11.2. The second-order valence-corrected chi connectivity index (χ2v) is 4.47. The number of carbonyl (C=O) groups excluding carboxylic acids is 1. The minimum absolute atomic E-state index is 0.0543. The fourth-order valence-electron chi connectivity index (χ4n) is 1.31. The van der Waals surface area contributed by atoms with E-state index in [9.17, 15) is 4.79 Å². The van der Waals surface area contributed by atoms with E-state index in [2.05, 4.69) is 37.9 Å². The van der Waals surface area contributed by atoms with Gasteiger partial charge in [-0.3, -0.25) is 0 Å². The molecule has 5 heteroatoms. The smallest absolute Gasteiger partial charge is 0.344 e. The molecular weight excluding hydrogens is 352 g/mol. The zero-order valence-electron chi connectivity index (χ0n) is 9.54. The van der Waals surface area contributed by atoms with Crippen molar-refractivity contribution < 1.29 is 14.3 Å². The van der Waals surface area contributed by atoms with Crippen LogP contribution >= 0.6 is 31.9 Å². The van der Waals surface area contributed by atoms with Crippen molar-refractivity contribution >= 4 is 37.8 Å². The maximum atomic E-state index is 11.2. The van der Waals surface area contributed by atoms with Gasteiger partial charge in [0.25, 0.3) is 0 Å². The number of halogens is 2. The highest BCUT2D eigenvalue weighted by Crippen LogP contribution is 2.21. The van der Waals surface area contributed by atoms with Crippen LogP contribution in [0.15, 0.2) is 18.2 Å². The van der Waals surface area contributed by atoms with Gasteiger partial charge in [0.05, 0.1) is 6.61 Å². The summed E-state index contributed by atoms with van der Waals surface area (Å²) in [6.07, 6.45) is 0. The topological polar surface area (TPSA) is 35.5 Å². The van der Waals surface area contributed by atoms with E-state index < -0.39 is 0 Å². The Morgan fingerprint density at radius 2 is 1.76 bits per heavy atom. The number of ether oxygens (including phenoxy) is 2. The molecule has 0 aliphatic heterocycles. The molecule has 94 valence electrons. The molecule has 0 aromatic heterocycles. The summed E-state index contributed by atoms with van der Waals surface area (Å²) < 4.78 is 10.2. The predicted octanol–water partition coefficient (Wildman–Crippen LogP) is 3.42. The third-order valence-electron chi connectivity index (χ3n) is 2.00. The Bertz CT molecular complexity index is 358. The van der Waals surface area contributed by atoms with Crippen molar-refractivity contribution in [3.63, 3.8) is 0 Å². The van der Waals surface area contributed by atoms with E-state index >= 15 is 0 Å². The van der Waals surface area contributed by atoms with Crippen LogP contribution in [0, 0.1) is 0 Å². The van der Waals surface area contributed by atoms with Gasteiger partial charge in [-0.2, -0.15) is 0 Å². The molecule has 1 rings (SSSR count). The van der Waals surface area contributed by atoms with E-state index in [4.69, 9.17) is 9.47 Å². The van der Waals surface area contributed by atoms with Gasteiger partial charge in [-0.1, -0.05) is 37.9 Å². The molecule has 0 radical (unpaired) electrons. The minimum Gasteiger partial charge on any atom is -0.482 e. The normalized spacial score (nSPS) is 10.1. The summed E-state index contributed by atoms with van der Waals surface area (Å²) in [5.74, 6) is 0.335. The van der Waals surface area contributed by atoms with Crippen molar-refractivity contribution in [2.45, 2.75) is 17.6 Å². The molecule has 0 N–H and O–H groups in total. The summed E-state index contributed by atoms with van der Waals surface area (Å²) in [6.45, 7) is 2.09. The summed E-state index contributed by atoms with van der Waals surface area (Å²) in [6, 6.07) is 5.88. The SMILES string of the molecule is CCOC(=O)COc1cc(CBr)cc(CBr)c1. The Balaban J connectivity index is 2.66. The van der Waals surface area contributed by atoms with Crippen molar-refractivity contribution in [2.24, 2.45) is 0 Å². The van der Waals surface area contributed by atoms with Crippen LogP contribution in [0.3, 0.4) is 0 Å². The minimum atomic E-state index is -0.350. The predicted molar refractivity (Wildman–Crippen MR) is 73.8 cm³/mol. The molecule has 0 saturated heterocycles. The van der Waals surface area contributed by atoms with E-state index in [0.717, 1.165) is 21.8 Å². The number of alkyl halides is 2. The van der Waals surface area contributed by atoms with Crippen LogP contribution < -0.4 is 4.74 Å². The highest BCUT2D eigenvalue weighted by atomic mass is 79.9. The Hall–Kier alpha value is -0.550. The van der Waals surface area contributed by atoms with Gasteiger partial charge in [0.2, 0.25) is 0 Å². The number of rotatable bonds is 6. The first-order chi connectivity index (χ1) is 8.19. The number of hydrogen-bond acceptors (Lipinski definition) is 3. The fraction of sp³-hybridized carbons (Fsp3) is 0.417. The monoisotopic (exact) mass is 364 g/mol. The molecule has 1 aromatic rings. The van der Waals surface area contributed by atoms with E-state index in [1.54, 1.807) is 6.92 Å². The lowest BCUT2D eigenvalue weighted by atomic mass is 10.1. The Morgan fingerprint density at radius 3 is 2.24 bits per heavy atom. The van der Waals surface area contributed by atoms with Gasteiger partial charge < -0.3 is 9.47 Å². The standard InChI is InChI=1S/C12H14Br2O3/c1-2-16-12(15)8-17-11-4-9(6-13)3-10(5-11)7-14/h3-5H,2,6-8H2,1H3. The molecule has 17 heavy (non-hydrogen) atoms. The largest absolute Gasteiger partial charge is 0.482 e. The van der Waals surface area contributed by atoms with Crippen LogP contribution in [0.1, 0.15) is 18.1 Å². The molecule has 0 amide bonds. The summed E-state index contributed by atoms with van der Waals surface area (Å²) in [5, 5.41) is 1.51. The Kier molecular flexibility index (Phi) is 6.58. The van der Waals surface area contributed by atoms with Crippen molar-refractivity contribution in [3.05, 3.63) is 29.3 Å². The van der Waals surface area contributed by atoms with Gasteiger partial charge in [0.1, 0.15) is 5.75 Å². The first-order valence-electron chi connectivity index (χ1n) is 5.22. The summed E-state index contributed by atoms with van der Waals surface area (Å²) in [7, 11) is 0. The quantitative estimate of drug-likeness (QED) is 0.572. The first kappa shape index (κ1) is 14.5. The molecule has 1 aromatic carbocycles. The lowest BCUT2D eigenvalue weighted by molar-refractivity contribution is -0.145. The maximum absolute atomic E-state index is 11.2. The van der Waals surface area contributed by atoms with E-state index in [-0.39, 0.29) is 12.6 Å². The van der Waals surface area contributed by atoms with Gasteiger partial charge in [-0.05, 0) is 30.2 Å². The average molecular weight is 366 g/mol. The molecule has 0 atom stereocenters. The van der Waals surface area contributed by atoms with Gasteiger partial charge in [0, 0.05) is 10.7 Å². The van der Waals surface area contributed by atoms with Gasteiger partial charge in [-0.15, -0.1) is 0 Å². The molecule has 0 unspecified atom stereocenters. The van der Waals surface area contributed by atoms with Crippen LogP contribution in [0.5, 0.6) is 5.75 Å². The molecule has 0 fully saturated rings. The zero-order chi connectivity index (χ0) is 12.7. The Morgan fingerprint density at radius 1 is 1.18 bits per heavy atom. The second kappa shape index (κ2) is 7.71. The lowest BCUT2D eigenvalue weighted by Crippen LogP contribution is -2.14. The molecule has 0 bridgehead atoms. The van der Waals surface area contributed by atoms with Crippen molar-refractivity contribution in [1.29, 1.82) is 0 Å². The van der Waals surface area contributed by atoms with Gasteiger partial charge in [0.15, 0.2) is 6.61 Å². The number of benzene rings is 1. The number of carbonyl (C=O) groups is 1. The van der Waals surface area contributed by atoms with Crippen LogP contribution in [-0.4, -0.2) is 19.2 Å². The van der Waals surface area contributed by atoms with Crippen molar-refractivity contribution in [3.8, 4) is 5.75 Å². The summed E-state index contributed by atoms with van der Waals surface area (Å²) in [5.41, 5.74) is 2.22. The first-order valence-corrected chi connectivity index (χ1v) is 7.47. The Labute approximate surface area is 118 Å². The van der Waals surface area contributed by atoms with E-state index in [1.165, 1.54) is 0 Å². The number of hydrogen-bond donors (Lipinski definition) is 0. The van der Waals surface area contributed by atoms with Crippen LogP contribution in [0.25, 0.3) is 0 Å². The van der Waals surface area contributed by atoms with Crippen molar-refractivity contribution in [1.82, 2.24) is 0 Å². The molecular formula is C12H14Br2O3. The van der Waals surface area contributed by atoms with Crippen LogP contribution in [-0.2, 0) is 20.2 Å². The summed E-state index contributed by atoms with van der Waals surface area (Å²) >= 11 is 6.79. The van der Waals surface area contributed by atoms with Crippen LogP contribution in [0.4, 0.5) is 0 Å².